The molecule has 0 bridgehead atoms. The number of alkyl halides is 1. The summed E-state index contributed by atoms with van der Waals surface area (Å²) < 4.78 is 24.3. The number of nitrogens with one attached hydrogen (secondary N) is 1. The Morgan fingerprint density at radius 2 is 2.25 bits per heavy atom. The zero-order valence-electron chi connectivity index (χ0n) is 6.88. The van der Waals surface area contributed by atoms with E-state index in [0.717, 1.165) is 6.42 Å². The summed E-state index contributed by atoms with van der Waals surface area (Å²) in [5.74, 6) is 2.38. The lowest BCUT2D eigenvalue weighted by atomic mass is 10.2. The highest BCUT2D eigenvalue weighted by molar-refractivity contribution is 9.10. The molecule has 1 N–H and O–H groups in total. The SMILES string of the molecule is C#CC(CCC)NS(=O)(=O)CBr. The van der Waals surface area contributed by atoms with Crippen LogP contribution in [0.5, 0.6) is 0 Å². The summed E-state index contributed by atoms with van der Waals surface area (Å²) in [6.45, 7) is 1.95. The van der Waals surface area contributed by atoms with Gasteiger partial charge in [0.05, 0.1) is 6.04 Å². The maximum Gasteiger partial charge on any atom is 0.222 e. The largest absolute Gasteiger partial charge is 0.222 e. The molecule has 0 aromatic heterocycles. The summed E-state index contributed by atoms with van der Waals surface area (Å²) in [6, 6.07) is -0.377. The first kappa shape index (κ1) is 11.9. The lowest BCUT2D eigenvalue weighted by Crippen LogP contribution is -2.34. The Labute approximate surface area is 82.1 Å². The van der Waals surface area contributed by atoms with Crippen molar-refractivity contribution in [1.82, 2.24) is 4.72 Å². The first-order chi connectivity index (χ1) is 5.55. The van der Waals surface area contributed by atoms with Gasteiger partial charge >= 0.3 is 0 Å². The molecule has 0 aliphatic heterocycles. The molecule has 12 heavy (non-hydrogen) atoms. The van der Waals surface area contributed by atoms with Gasteiger partial charge in [-0.25, -0.2) is 8.42 Å². The monoisotopic (exact) mass is 253 g/mol. The van der Waals surface area contributed by atoms with Gasteiger partial charge in [-0.05, 0) is 6.42 Å². The Kier molecular flexibility index (Phi) is 5.55. The fourth-order valence-corrected chi connectivity index (χ4v) is 1.79. The molecular formula is C7H12BrNO2S. The summed E-state index contributed by atoms with van der Waals surface area (Å²) in [4.78, 5) is 0. The lowest BCUT2D eigenvalue weighted by Gasteiger charge is -2.10. The molecule has 0 aliphatic rings. The standard InChI is InChI=1S/C7H12BrNO2S/c1-3-5-7(4-2)9-12(10,11)6-8/h2,7,9H,3,5-6H2,1H3. The third-order valence-corrected chi connectivity index (χ3v) is 3.98. The number of hydrogen-bond donors (Lipinski definition) is 1. The molecule has 0 aliphatic carbocycles. The van der Waals surface area contributed by atoms with Crippen LogP contribution in [0.2, 0.25) is 0 Å². The smallest absolute Gasteiger partial charge is 0.212 e. The Balaban J connectivity index is 4.14. The normalized spacial score (nSPS) is 13.8. The average Bonchev–Trinajstić information content (AvgIpc) is 2.03. The van der Waals surface area contributed by atoms with Crippen molar-refractivity contribution < 1.29 is 8.42 Å². The van der Waals surface area contributed by atoms with E-state index in [2.05, 4.69) is 26.6 Å². The van der Waals surface area contributed by atoms with Gasteiger partial charge in [0.2, 0.25) is 10.0 Å². The summed E-state index contributed by atoms with van der Waals surface area (Å²) in [5.41, 5.74) is 0. The van der Waals surface area contributed by atoms with E-state index in [9.17, 15) is 8.42 Å². The number of hydrogen-bond acceptors (Lipinski definition) is 2. The second-order valence-corrected chi connectivity index (χ2v) is 5.41. The topological polar surface area (TPSA) is 46.2 Å². The van der Waals surface area contributed by atoms with Crippen LogP contribution in [0.1, 0.15) is 19.8 Å². The zero-order valence-corrected chi connectivity index (χ0v) is 9.28. The summed E-state index contributed by atoms with van der Waals surface area (Å²) >= 11 is 2.86. The maximum atomic E-state index is 11.0. The second kappa shape index (κ2) is 5.57. The highest BCUT2D eigenvalue weighted by Crippen LogP contribution is 1.99. The molecule has 0 fully saturated rings. The maximum absolute atomic E-state index is 11.0. The minimum Gasteiger partial charge on any atom is -0.212 e. The first-order valence-corrected chi connectivity index (χ1v) is 6.35. The summed E-state index contributed by atoms with van der Waals surface area (Å²) in [5, 5.41) is 0. The number of sulfonamides is 1. The summed E-state index contributed by atoms with van der Waals surface area (Å²) in [7, 11) is -3.23. The van der Waals surface area contributed by atoms with E-state index in [1.54, 1.807) is 0 Å². The number of rotatable bonds is 5. The molecule has 0 saturated heterocycles. The fraction of sp³-hybridized carbons (Fsp3) is 0.714. The first-order valence-electron chi connectivity index (χ1n) is 3.57. The predicted molar refractivity (Wildman–Crippen MR) is 53.4 cm³/mol. The van der Waals surface area contributed by atoms with E-state index >= 15 is 0 Å². The van der Waals surface area contributed by atoms with Crippen LogP contribution < -0.4 is 4.72 Å². The molecule has 0 aromatic carbocycles. The quantitative estimate of drug-likeness (QED) is 0.589. The average molecular weight is 254 g/mol. The molecule has 1 unspecified atom stereocenters. The van der Waals surface area contributed by atoms with Crippen LogP contribution in [0.4, 0.5) is 0 Å². The van der Waals surface area contributed by atoms with Crippen LogP contribution in [0.15, 0.2) is 0 Å². The Morgan fingerprint density at radius 3 is 2.58 bits per heavy atom. The molecule has 0 heterocycles. The van der Waals surface area contributed by atoms with Crippen molar-refractivity contribution in [1.29, 1.82) is 0 Å². The minimum atomic E-state index is -3.23. The third kappa shape index (κ3) is 4.75. The molecule has 0 amide bonds. The van der Waals surface area contributed by atoms with E-state index in [4.69, 9.17) is 6.42 Å². The fourth-order valence-electron chi connectivity index (χ4n) is 0.713. The lowest BCUT2D eigenvalue weighted by molar-refractivity contribution is 0.569. The van der Waals surface area contributed by atoms with Gasteiger partial charge in [-0.2, -0.15) is 4.72 Å². The molecule has 0 aromatic rings. The van der Waals surface area contributed by atoms with Gasteiger partial charge in [-0.15, -0.1) is 6.42 Å². The molecule has 0 radical (unpaired) electrons. The van der Waals surface area contributed by atoms with Crippen molar-refractivity contribution in [3.63, 3.8) is 0 Å². The van der Waals surface area contributed by atoms with Crippen LogP contribution in [0, 0.1) is 12.3 Å². The molecular weight excluding hydrogens is 242 g/mol. The van der Waals surface area contributed by atoms with Crippen molar-refractivity contribution >= 4 is 26.0 Å². The zero-order chi connectivity index (χ0) is 9.61. The Hall–Kier alpha value is -0.0500. The van der Waals surface area contributed by atoms with Crippen molar-refractivity contribution in [2.24, 2.45) is 0 Å². The minimum absolute atomic E-state index is 0.109. The molecule has 5 heteroatoms. The molecule has 1 atom stereocenters. The number of terminal acetylenes is 1. The van der Waals surface area contributed by atoms with Crippen LogP contribution in [0.25, 0.3) is 0 Å². The number of halogens is 1. The molecule has 0 rings (SSSR count). The van der Waals surface area contributed by atoms with E-state index in [0.29, 0.717) is 6.42 Å². The molecule has 3 nitrogen and oxygen atoms in total. The van der Waals surface area contributed by atoms with Crippen LogP contribution in [-0.4, -0.2) is 19.1 Å². The van der Waals surface area contributed by atoms with E-state index < -0.39 is 10.0 Å². The van der Waals surface area contributed by atoms with E-state index in [1.165, 1.54) is 0 Å². The van der Waals surface area contributed by atoms with E-state index in [1.807, 2.05) is 6.92 Å². The Bertz CT molecular complexity index is 255. The van der Waals surface area contributed by atoms with Gasteiger partial charge in [-0.1, -0.05) is 35.2 Å². The summed E-state index contributed by atoms with van der Waals surface area (Å²) in [6.07, 6.45) is 6.66. The molecule has 0 spiro atoms. The van der Waals surface area contributed by atoms with Crippen molar-refractivity contribution in [2.45, 2.75) is 25.8 Å². The van der Waals surface area contributed by atoms with Crippen LogP contribution in [0.3, 0.4) is 0 Å². The highest BCUT2D eigenvalue weighted by Gasteiger charge is 2.12. The second-order valence-electron chi connectivity index (χ2n) is 2.35. The van der Waals surface area contributed by atoms with Gasteiger partial charge in [-0.3, -0.25) is 0 Å². The van der Waals surface area contributed by atoms with Crippen molar-refractivity contribution in [3.8, 4) is 12.3 Å². The van der Waals surface area contributed by atoms with E-state index in [-0.39, 0.29) is 10.7 Å². The van der Waals surface area contributed by atoms with Crippen LogP contribution >= 0.6 is 15.9 Å². The highest BCUT2D eigenvalue weighted by atomic mass is 79.9. The van der Waals surface area contributed by atoms with Gasteiger partial charge in [0.25, 0.3) is 0 Å². The predicted octanol–water partition coefficient (Wildman–Crippen LogP) is 1.06. The third-order valence-electron chi connectivity index (χ3n) is 1.24. The van der Waals surface area contributed by atoms with Crippen molar-refractivity contribution in [2.75, 3.05) is 4.66 Å². The van der Waals surface area contributed by atoms with Crippen LogP contribution in [-0.2, 0) is 10.0 Å². The Morgan fingerprint density at radius 1 is 1.67 bits per heavy atom. The molecule has 0 saturated carbocycles. The van der Waals surface area contributed by atoms with Crippen molar-refractivity contribution in [3.05, 3.63) is 0 Å². The van der Waals surface area contributed by atoms with Gasteiger partial charge in [0.15, 0.2) is 0 Å². The van der Waals surface area contributed by atoms with Gasteiger partial charge in [0, 0.05) is 0 Å². The van der Waals surface area contributed by atoms with Gasteiger partial charge in [0.1, 0.15) is 4.66 Å². The van der Waals surface area contributed by atoms with Gasteiger partial charge < -0.3 is 0 Å². The molecule has 70 valence electrons.